The zero-order valence-corrected chi connectivity index (χ0v) is 18.8. The second-order valence-corrected chi connectivity index (χ2v) is 8.57. The Balaban J connectivity index is 1.18. The van der Waals surface area contributed by atoms with Crippen LogP contribution in [0, 0.1) is 5.92 Å². The van der Waals surface area contributed by atoms with E-state index < -0.39 is 18.2 Å². The van der Waals surface area contributed by atoms with E-state index in [9.17, 15) is 23.2 Å². The summed E-state index contributed by atoms with van der Waals surface area (Å²) in [5.41, 5.74) is 0.665. The molecule has 2 aromatic carbocycles. The molecule has 4 rings (SSSR count). The molecule has 10 heteroatoms. The molecule has 1 aliphatic heterocycles. The first-order valence-electron chi connectivity index (χ1n) is 11.4. The van der Waals surface area contributed by atoms with E-state index in [1.165, 1.54) is 18.2 Å². The minimum absolute atomic E-state index is 0.0305. The summed E-state index contributed by atoms with van der Waals surface area (Å²) >= 11 is 0. The SMILES string of the molecule is O=C(CCCNC(=O)c1ccc2c(c1)OC(F)(F)O2)c1ccc(OC2CCC(C(=O)O)CC2)cc1. The van der Waals surface area contributed by atoms with Crippen molar-refractivity contribution >= 4 is 17.7 Å². The molecule has 0 spiro atoms. The highest BCUT2D eigenvalue weighted by Gasteiger charge is 2.43. The smallest absolute Gasteiger partial charge is 0.490 e. The molecular weight excluding hydrogens is 464 g/mol. The highest BCUT2D eigenvalue weighted by molar-refractivity contribution is 5.96. The number of carbonyl (C=O) groups excluding carboxylic acids is 2. The predicted octanol–water partition coefficient (Wildman–Crippen LogP) is 4.42. The molecule has 0 unspecified atom stereocenters. The summed E-state index contributed by atoms with van der Waals surface area (Å²) in [6.45, 7) is 0.232. The Kier molecular flexibility index (Phi) is 7.18. The van der Waals surface area contributed by atoms with Crippen molar-refractivity contribution in [1.29, 1.82) is 0 Å². The zero-order chi connectivity index (χ0) is 25.0. The summed E-state index contributed by atoms with van der Waals surface area (Å²) in [4.78, 5) is 35.7. The third-order valence-corrected chi connectivity index (χ3v) is 6.03. The van der Waals surface area contributed by atoms with E-state index in [-0.39, 0.29) is 47.8 Å². The Bertz CT molecular complexity index is 1100. The van der Waals surface area contributed by atoms with E-state index in [1.807, 2.05) is 0 Å². The first kappa shape index (κ1) is 24.4. The molecule has 1 amide bonds. The fraction of sp³-hybridized carbons (Fsp3) is 0.400. The molecule has 0 saturated heterocycles. The van der Waals surface area contributed by atoms with Gasteiger partial charge in [-0.05, 0) is 74.6 Å². The lowest BCUT2D eigenvalue weighted by Gasteiger charge is -2.26. The molecule has 2 N–H and O–H groups in total. The Morgan fingerprint density at radius 3 is 2.31 bits per heavy atom. The first-order chi connectivity index (χ1) is 16.7. The lowest BCUT2D eigenvalue weighted by molar-refractivity contribution is -0.286. The van der Waals surface area contributed by atoms with Gasteiger partial charge < -0.3 is 24.6 Å². The minimum atomic E-state index is -3.75. The van der Waals surface area contributed by atoms with Crippen molar-refractivity contribution in [3.05, 3.63) is 53.6 Å². The van der Waals surface area contributed by atoms with Gasteiger partial charge in [0.15, 0.2) is 17.3 Å². The largest absolute Gasteiger partial charge is 0.586 e. The number of nitrogens with one attached hydrogen (secondary N) is 1. The fourth-order valence-corrected chi connectivity index (χ4v) is 4.13. The third kappa shape index (κ3) is 6.26. The Labute approximate surface area is 200 Å². The number of hydrogen-bond donors (Lipinski definition) is 2. The summed E-state index contributed by atoms with van der Waals surface area (Å²) in [5, 5.41) is 11.7. The van der Waals surface area contributed by atoms with Crippen LogP contribution in [0.2, 0.25) is 0 Å². The molecule has 1 aliphatic carbocycles. The highest BCUT2D eigenvalue weighted by atomic mass is 19.3. The van der Waals surface area contributed by atoms with Gasteiger partial charge in [0.05, 0.1) is 12.0 Å². The van der Waals surface area contributed by atoms with E-state index in [0.29, 0.717) is 43.4 Å². The van der Waals surface area contributed by atoms with E-state index >= 15 is 0 Å². The van der Waals surface area contributed by atoms with E-state index in [0.717, 1.165) is 0 Å². The van der Waals surface area contributed by atoms with Crippen LogP contribution in [-0.2, 0) is 4.79 Å². The van der Waals surface area contributed by atoms with Crippen LogP contribution < -0.4 is 19.5 Å². The van der Waals surface area contributed by atoms with Gasteiger partial charge in [0.25, 0.3) is 5.91 Å². The number of ether oxygens (including phenoxy) is 3. The molecule has 35 heavy (non-hydrogen) atoms. The molecule has 8 nitrogen and oxygen atoms in total. The van der Waals surface area contributed by atoms with Gasteiger partial charge in [-0.15, -0.1) is 8.78 Å². The van der Waals surface area contributed by atoms with Crippen LogP contribution in [0.1, 0.15) is 59.2 Å². The Hall–Kier alpha value is -3.69. The van der Waals surface area contributed by atoms with Crippen LogP contribution in [0.4, 0.5) is 8.78 Å². The lowest BCUT2D eigenvalue weighted by Crippen LogP contribution is -2.27. The number of ketones is 1. The first-order valence-corrected chi connectivity index (χ1v) is 11.4. The van der Waals surface area contributed by atoms with Crippen molar-refractivity contribution in [2.45, 2.75) is 50.9 Å². The molecule has 186 valence electrons. The summed E-state index contributed by atoms with van der Waals surface area (Å²) in [6.07, 6.45) is -0.605. The van der Waals surface area contributed by atoms with Crippen LogP contribution in [0.5, 0.6) is 17.2 Å². The van der Waals surface area contributed by atoms with Crippen LogP contribution in [-0.4, -0.2) is 41.7 Å². The second kappa shape index (κ2) is 10.3. The van der Waals surface area contributed by atoms with Crippen molar-refractivity contribution in [1.82, 2.24) is 5.32 Å². The van der Waals surface area contributed by atoms with Crippen molar-refractivity contribution in [3.63, 3.8) is 0 Å². The Morgan fingerprint density at radius 1 is 0.971 bits per heavy atom. The van der Waals surface area contributed by atoms with Crippen molar-refractivity contribution in [3.8, 4) is 17.2 Å². The average Bonchev–Trinajstić information content (AvgIpc) is 3.15. The monoisotopic (exact) mass is 489 g/mol. The summed E-state index contributed by atoms with van der Waals surface area (Å²) < 4.78 is 40.8. The summed E-state index contributed by atoms with van der Waals surface area (Å²) in [5.74, 6) is -1.33. The number of fused-ring (bicyclic) bond motifs is 1. The maximum Gasteiger partial charge on any atom is 0.586 e. The van der Waals surface area contributed by atoms with Crippen LogP contribution in [0.3, 0.4) is 0 Å². The molecule has 1 fully saturated rings. The number of amides is 1. The number of rotatable bonds is 9. The molecule has 2 aromatic rings. The van der Waals surface area contributed by atoms with Crippen molar-refractivity contribution in [2.75, 3.05) is 6.54 Å². The van der Waals surface area contributed by atoms with Crippen LogP contribution in [0.25, 0.3) is 0 Å². The number of hydrogen-bond acceptors (Lipinski definition) is 6. The molecule has 2 aliphatic rings. The number of alkyl halides is 2. The molecular formula is C25H25F2NO7. The average molecular weight is 489 g/mol. The number of carboxylic acids is 1. The highest BCUT2D eigenvalue weighted by Crippen LogP contribution is 2.41. The molecule has 0 radical (unpaired) electrons. The number of carbonyl (C=O) groups is 3. The minimum Gasteiger partial charge on any atom is -0.490 e. The molecule has 0 bridgehead atoms. The van der Waals surface area contributed by atoms with Gasteiger partial charge in [-0.25, -0.2) is 0 Å². The third-order valence-electron chi connectivity index (χ3n) is 6.03. The number of carboxylic acid groups (broad SMARTS) is 1. The predicted molar refractivity (Wildman–Crippen MR) is 119 cm³/mol. The standard InChI is InChI=1S/C25H25F2NO7/c26-25(27)34-21-12-7-17(14-22(21)35-25)23(30)28-13-1-2-20(29)15-3-8-18(9-4-15)33-19-10-5-16(6-11-19)24(31)32/h3-4,7-9,12,14,16,19H,1-2,5-6,10-11,13H2,(H,28,30)(H,31,32). The van der Waals surface area contributed by atoms with Gasteiger partial charge >= 0.3 is 12.3 Å². The number of aliphatic carboxylic acids is 1. The second-order valence-electron chi connectivity index (χ2n) is 8.57. The molecule has 0 atom stereocenters. The lowest BCUT2D eigenvalue weighted by atomic mass is 9.87. The van der Waals surface area contributed by atoms with Gasteiger partial charge in [0, 0.05) is 24.1 Å². The normalized spacial score (nSPS) is 20.2. The van der Waals surface area contributed by atoms with Gasteiger partial charge in [-0.2, -0.15) is 0 Å². The van der Waals surface area contributed by atoms with Crippen molar-refractivity contribution in [2.24, 2.45) is 5.92 Å². The summed E-state index contributed by atoms with van der Waals surface area (Å²) in [7, 11) is 0. The van der Waals surface area contributed by atoms with E-state index in [1.54, 1.807) is 24.3 Å². The van der Waals surface area contributed by atoms with Crippen LogP contribution >= 0.6 is 0 Å². The van der Waals surface area contributed by atoms with Gasteiger partial charge in [0.2, 0.25) is 0 Å². The fourth-order valence-electron chi connectivity index (χ4n) is 4.13. The number of benzene rings is 2. The van der Waals surface area contributed by atoms with Crippen LogP contribution in [0.15, 0.2) is 42.5 Å². The topological polar surface area (TPSA) is 111 Å². The number of Topliss-reactive ketones (excluding diaryl/α,β-unsaturated/α-hetero) is 1. The quantitative estimate of drug-likeness (QED) is 0.396. The van der Waals surface area contributed by atoms with Crippen molar-refractivity contribution < 1.29 is 42.5 Å². The molecule has 0 aromatic heterocycles. The van der Waals surface area contributed by atoms with E-state index in [4.69, 9.17) is 9.84 Å². The summed E-state index contributed by atoms with van der Waals surface area (Å²) in [6, 6.07) is 10.6. The number of halogens is 2. The Morgan fingerprint density at radius 2 is 1.63 bits per heavy atom. The van der Waals surface area contributed by atoms with Gasteiger partial charge in [0.1, 0.15) is 5.75 Å². The maximum atomic E-state index is 13.1. The van der Waals surface area contributed by atoms with Gasteiger partial charge in [-0.3, -0.25) is 14.4 Å². The zero-order valence-electron chi connectivity index (χ0n) is 18.8. The van der Waals surface area contributed by atoms with E-state index in [2.05, 4.69) is 14.8 Å². The van der Waals surface area contributed by atoms with Gasteiger partial charge in [-0.1, -0.05) is 0 Å². The maximum absolute atomic E-state index is 13.1. The molecule has 1 saturated carbocycles. The molecule has 1 heterocycles.